The van der Waals surface area contributed by atoms with E-state index in [1.165, 1.54) is 29.2 Å². The van der Waals surface area contributed by atoms with Gasteiger partial charge in [-0.2, -0.15) is 18.4 Å². The number of hydrogen-bond donors (Lipinski definition) is 0. The minimum atomic E-state index is -5.26. The van der Waals surface area contributed by atoms with Crippen LogP contribution in [0.4, 0.5) is 23.7 Å². The lowest BCUT2D eigenvalue weighted by Gasteiger charge is -2.27. The number of alkyl halides is 3. The van der Waals surface area contributed by atoms with Gasteiger partial charge in [-0.05, 0) is 49.7 Å². The molecule has 3 amide bonds. The zero-order chi connectivity index (χ0) is 25.3. The molecule has 0 saturated carbocycles. The maximum absolute atomic E-state index is 13.1. The lowest BCUT2D eigenvalue weighted by atomic mass is 10.0. The molecule has 1 fully saturated rings. The SMILES string of the molecule is CC1(C)C(=O)N(c2ccc(SC(C#N)OC(=O)C(F)(F)F)c(Cl)c2)C(=O)N1Cc1ccncc1. The molecule has 0 spiro atoms. The quantitative estimate of drug-likeness (QED) is 0.242. The van der Waals surface area contributed by atoms with Crippen molar-refractivity contribution >= 4 is 47.0 Å². The van der Waals surface area contributed by atoms with Gasteiger partial charge in [0.2, 0.25) is 5.44 Å². The molecule has 1 aromatic heterocycles. The van der Waals surface area contributed by atoms with E-state index in [0.717, 1.165) is 10.5 Å². The van der Waals surface area contributed by atoms with E-state index in [1.807, 2.05) is 0 Å². The first-order chi connectivity index (χ1) is 15.9. The zero-order valence-corrected chi connectivity index (χ0v) is 19.2. The second kappa shape index (κ2) is 9.52. The molecule has 0 N–H and O–H groups in total. The number of carbonyl (C=O) groups excluding carboxylic acids is 3. The first kappa shape index (κ1) is 25.3. The van der Waals surface area contributed by atoms with E-state index in [1.54, 1.807) is 38.4 Å². The van der Waals surface area contributed by atoms with Gasteiger partial charge in [0.15, 0.2) is 0 Å². The number of imide groups is 1. The standard InChI is InChI=1S/C21H16ClF3N4O4S/c1-20(2)17(30)29(19(32)28(20)11-12-5-7-27-8-6-12)13-3-4-15(14(22)9-13)34-16(10-26)33-18(31)21(23,24)25/h3-9,16H,11H2,1-2H3. The van der Waals surface area contributed by atoms with Crippen LogP contribution in [0.1, 0.15) is 19.4 Å². The van der Waals surface area contributed by atoms with Crippen LogP contribution in [-0.2, 0) is 20.9 Å². The minimum absolute atomic E-state index is 0.0585. The number of aromatic nitrogens is 1. The average molecular weight is 513 g/mol. The lowest BCUT2D eigenvalue weighted by molar-refractivity contribution is -0.199. The Morgan fingerprint density at radius 1 is 1.26 bits per heavy atom. The van der Waals surface area contributed by atoms with Crippen LogP contribution in [0.2, 0.25) is 5.02 Å². The van der Waals surface area contributed by atoms with Gasteiger partial charge < -0.3 is 9.64 Å². The van der Waals surface area contributed by atoms with E-state index in [-0.39, 0.29) is 22.2 Å². The predicted molar refractivity (Wildman–Crippen MR) is 116 cm³/mol. The van der Waals surface area contributed by atoms with Gasteiger partial charge in [-0.25, -0.2) is 14.5 Å². The highest BCUT2D eigenvalue weighted by molar-refractivity contribution is 8.00. The van der Waals surface area contributed by atoms with Crippen LogP contribution < -0.4 is 4.90 Å². The smallest absolute Gasteiger partial charge is 0.430 e. The first-order valence-electron chi connectivity index (χ1n) is 9.55. The number of halogens is 4. The highest BCUT2D eigenvalue weighted by Crippen LogP contribution is 2.38. The number of esters is 1. The molecule has 1 unspecified atom stereocenters. The number of urea groups is 1. The Morgan fingerprint density at radius 2 is 1.91 bits per heavy atom. The number of hydrogen-bond acceptors (Lipinski definition) is 7. The molecule has 1 aliphatic rings. The molecule has 2 heterocycles. The number of nitriles is 1. The fourth-order valence-corrected chi connectivity index (χ4v) is 4.13. The normalized spacial score (nSPS) is 16.4. The van der Waals surface area contributed by atoms with Crippen molar-refractivity contribution in [2.75, 3.05) is 4.90 Å². The summed E-state index contributed by atoms with van der Waals surface area (Å²) in [5, 5.41) is 8.97. The molecule has 8 nitrogen and oxygen atoms in total. The average Bonchev–Trinajstić information content (AvgIpc) is 2.94. The Bertz CT molecular complexity index is 1170. The van der Waals surface area contributed by atoms with E-state index < -0.39 is 35.1 Å². The number of rotatable bonds is 6. The maximum atomic E-state index is 13.1. The van der Waals surface area contributed by atoms with Crippen LogP contribution in [0, 0.1) is 11.3 Å². The zero-order valence-electron chi connectivity index (χ0n) is 17.7. The molecule has 178 valence electrons. The Hall–Kier alpha value is -3.30. The van der Waals surface area contributed by atoms with Crippen LogP contribution in [0.25, 0.3) is 0 Å². The fourth-order valence-electron chi connectivity index (χ4n) is 3.08. The van der Waals surface area contributed by atoms with Crippen LogP contribution in [-0.4, -0.2) is 44.9 Å². The molecule has 1 aliphatic heterocycles. The molecule has 3 rings (SSSR count). The Labute approximate surface area is 201 Å². The van der Waals surface area contributed by atoms with Crippen molar-refractivity contribution in [3.05, 3.63) is 53.3 Å². The van der Waals surface area contributed by atoms with Gasteiger partial charge in [-0.15, -0.1) is 0 Å². The third-order valence-corrected chi connectivity index (χ3v) is 6.32. The molecule has 0 aliphatic carbocycles. The van der Waals surface area contributed by atoms with E-state index >= 15 is 0 Å². The highest BCUT2D eigenvalue weighted by Gasteiger charge is 2.51. The van der Waals surface area contributed by atoms with Crippen LogP contribution in [0.5, 0.6) is 0 Å². The molecule has 34 heavy (non-hydrogen) atoms. The summed E-state index contributed by atoms with van der Waals surface area (Å²) in [6.07, 6.45) is -2.12. The van der Waals surface area contributed by atoms with Gasteiger partial charge in [-0.3, -0.25) is 9.78 Å². The number of thioether (sulfide) groups is 1. The third kappa shape index (κ3) is 5.10. The molecule has 13 heteroatoms. The van der Waals surface area contributed by atoms with Crippen molar-refractivity contribution in [3.63, 3.8) is 0 Å². The largest absolute Gasteiger partial charge is 0.491 e. The molecule has 0 radical (unpaired) electrons. The lowest BCUT2D eigenvalue weighted by Crippen LogP contribution is -2.43. The van der Waals surface area contributed by atoms with Gasteiger partial charge in [-0.1, -0.05) is 23.4 Å². The number of nitrogens with zero attached hydrogens (tertiary/aromatic N) is 4. The number of anilines is 1. The molecule has 1 atom stereocenters. The third-order valence-electron chi connectivity index (χ3n) is 4.87. The van der Waals surface area contributed by atoms with Crippen LogP contribution in [0.15, 0.2) is 47.6 Å². The monoisotopic (exact) mass is 512 g/mol. The molecular weight excluding hydrogens is 497 g/mol. The second-order valence-corrected chi connectivity index (χ2v) is 9.03. The predicted octanol–water partition coefficient (Wildman–Crippen LogP) is 4.53. The van der Waals surface area contributed by atoms with Gasteiger partial charge in [0, 0.05) is 23.8 Å². The van der Waals surface area contributed by atoms with Crippen molar-refractivity contribution in [1.29, 1.82) is 5.26 Å². The number of benzene rings is 1. The number of ether oxygens (including phenoxy) is 1. The summed E-state index contributed by atoms with van der Waals surface area (Å²) in [4.78, 5) is 43.6. The molecule has 2 aromatic rings. The van der Waals surface area contributed by atoms with Crippen molar-refractivity contribution < 1.29 is 32.3 Å². The Kier molecular flexibility index (Phi) is 7.09. The van der Waals surface area contributed by atoms with Crippen molar-refractivity contribution in [1.82, 2.24) is 9.88 Å². The molecule has 1 aromatic carbocycles. The van der Waals surface area contributed by atoms with Gasteiger partial charge in [0.05, 0.1) is 10.7 Å². The summed E-state index contributed by atoms with van der Waals surface area (Å²) in [7, 11) is 0. The summed E-state index contributed by atoms with van der Waals surface area (Å²) < 4.78 is 41.3. The van der Waals surface area contributed by atoms with Gasteiger partial charge in [0.25, 0.3) is 5.91 Å². The Balaban J connectivity index is 1.82. The first-order valence-corrected chi connectivity index (χ1v) is 10.8. The second-order valence-electron chi connectivity index (χ2n) is 7.52. The number of carbonyl (C=O) groups is 3. The topological polar surface area (TPSA) is 104 Å². The van der Waals surface area contributed by atoms with E-state index in [2.05, 4.69) is 9.72 Å². The molecule has 0 bridgehead atoms. The minimum Gasteiger partial charge on any atom is -0.430 e. The van der Waals surface area contributed by atoms with E-state index in [9.17, 15) is 27.6 Å². The van der Waals surface area contributed by atoms with Gasteiger partial charge in [0.1, 0.15) is 11.6 Å². The molecular formula is C21H16ClF3N4O4S. The van der Waals surface area contributed by atoms with Crippen molar-refractivity contribution in [2.45, 2.75) is 42.4 Å². The fraction of sp³-hybridized carbons (Fsp3) is 0.286. The summed E-state index contributed by atoms with van der Waals surface area (Å²) in [6, 6.07) is 8.23. The number of amides is 3. The van der Waals surface area contributed by atoms with Gasteiger partial charge >= 0.3 is 18.2 Å². The van der Waals surface area contributed by atoms with Crippen molar-refractivity contribution in [3.8, 4) is 6.07 Å². The Morgan fingerprint density at radius 3 is 2.47 bits per heavy atom. The van der Waals surface area contributed by atoms with Crippen molar-refractivity contribution in [2.24, 2.45) is 0 Å². The summed E-state index contributed by atoms with van der Waals surface area (Å²) in [6.45, 7) is 3.37. The summed E-state index contributed by atoms with van der Waals surface area (Å²) >= 11 is 6.68. The highest BCUT2D eigenvalue weighted by atomic mass is 35.5. The number of pyridine rings is 1. The summed E-state index contributed by atoms with van der Waals surface area (Å²) in [5.41, 5.74) is -2.08. The van der Waals surface area contributed by atoms with E-state index in [0.29, 0.717) is 11.8 Å². The summed E-state index contributed by atoms with van der Waals surface area (Å²) in [5.74, 6) is -3.01. The molecule has 1 saturated heterocycles. The van der Waals surface area contributed by atoms with Crippen LogP contribution >= 0.6 is 23.4 Å². The maximum Gasteiger partial charge on any atom is 0.491 e. The van der Waals surface area contributed by atoms with Crippen LogP contribution in [0.3, 0.4) is 0 Å². The van der Waals surface area contributed by atoms with E-state index in [4.69, 9.17) is 16.9 Å².